The van der Waals surface area contributed by atoms with Crippen LogP contribution in [0.3, 0.4) is 0 Å². The molecule has 0 radical (unpaired) electrons. The Hall–Kier alpha value is -2.58. The molecule has 0 saturated carbocycles. The van der Waals surface area contributed by atoms with Crippen LogP contribution in [0.15, 0.2) is 47.4 Å². The molecule has 7 nitrogen and oxygen atoms in total. The van der Waals surface area contributed by atoms with Crippen molar-refractivity contribution in [3.8, 4) is 0 Å². The van der Waals surface area contributed by atoms with Gasteiger partial charge in [-0.3, -0.25) is 9.36 Å². The number of nitrogens with zero attached hydrogens (tertiary/aromatic N) is 2. The van der Waals surface area contributed by atoms with Crippen LogP contribution in [0, 0.1) is 0 Å². The van der Waals surface area contributed by atoms with Crippen LogP contribution in [-0.4, -0.2) is 38.4 Å². The number of carbonyl (C=O) groups is 1. The van der Waals surface area contributed by atoms with Gasteiger partial charge in [0.05, 0.1) is 6.10 Å². The maximum absolute atomic E-state index is 14.9. The number of aliphatic hydroxyl groups is 1. The molecule has 3 rings (SSSR count). The lowest BCUT2D eigenvalue weighted by atomic mass is 9.97. The minimum absolute atomic E-state index is 0.0475. The maximum Gasteiger partial charge on any atom is 0.351 e. The number of hydrogen-bond donors (Lipinski definition) is 2. The fraction of sp³-hybridized carbons (Fsp3) is 0.389. The highest BCUT2D eigenvalue weighted by Crippen LogP contribution is 2.41. The van der Waals surface area contributed by atoms with Gasteiger partial charge in [-0.25, -0.2) is 9.18 Å². The zero-order chi connectivity index (χ0) is 18.9. The Morgan fingerprint density at radius 3 is 2.65 bits per heavy atom. The number of hydrogen-bond acceptors (Lipinski definition) is 5. The van der Waals surface area contributed by atoms with E-state index in [1.807, 2.05) is 0 Å². The number of aliphatic hydroxyl groups excluding tert-OH is 1. The molecule has 1 aromatic carbocycles. The summed E-state index contributed by atoms with van der Waals surface area (Å²) in [5, 5.41) is 12.6. The summed E-state index contributed by atoms with van der Waals surface area (Å²) in [6.45, 7) is 2.95. The van der Waals surface area contributed by atoms with Gasteiger partial charge >= 0.3 is 5.69 Å². The molecule has 138 valence electrons. The first-order valence-corrected chi connectivity index (χ1v) is 8.32. The number of carbonyl (C=O) groups excluding carboxylic acids is 1. The number of alkyl halides is 1. The second kappa shape index (κ2) is 6.97. The monoisotopic (exact) mass is 361 g/mol. The smallest absolute Gasteiger partial charge is 0.351 e. The largest absolute Gasteiger partial charge is 0.387 e. The third-order valence-corrected chi connectivity index (χ3v) is 4.48. The lowest BCUT2D eigenvalue weighted by molar-refractivity contribution is -0.0509. The molecule has 1 amide bonds. The van der Waals surface area contributed by atoms with E-state index in [9.17, 15) is 19.1 Å². The lowest BCUT2D eigenvalue weighted by Gasteiger charge is -2.24. The van der Waals surface area contributed by atoms with Crippen molar-refractivity contribution in [2.75, 3.05) is 5.32 Å². The fourth-order valence-electron chi connectivity index (χ4n) is 2.98. The van der Waals surface area contributed by atoms with Crippen molar-refractivity contribution in [3.63, 3.8) is 0 Å². The van der Waals surface area contributed by atoms with Crippen LogP contribution in [0.5, 0.6) is 0 Å². The van der Waals surface area contributed by atoms with Crippen molar-refractivity contribution >= 4 is 11.7 Å². The van der Waals surface area contributed by atoms with Crippen molar-refractivity contribution in [2.45, 2.75) is 44.4 Å². The van der Waals surface area contributed by atoms with Gasteiger partial charge in [0.25, 0.3) is 5.91 Å². The number of aromatic nitrogens is 2. The molecule has 2 aromatic rings. The van der Waals surface area contributed by atoms with Crippen LogP contribution in [0.25, 0.3) is 0 Å². The number of benzene rings is 1. The standard InChI is InChI=1S/C18H20FN3O4/c1-3-12-14(23)18(2,19)16(26-12)22-10-9-13(21-17(22)25)20-15(24)11-7-5-4-6-8-11/h4-10,12,14,16,23H,3H2,1-2H3,(H,20,21,24,25)/t12-,14+,16-,18?/m1/s1. The van der Waals surface area contributed by atoms with E-state index in [1.54, 1.807) is 37.3 Å². The molecule has 1 aliphatic rings. The fourth-order valence-corrected chi connectivity index (χ4v) is 2.98. The molecule has 1 fully saturated rings. The van der Waals surface area contributed by atoms with Crippen molar-refractivity contribution < 1.29 is 19.0 Å². The zero-order valence-corrected chi connectivity index (χ0v) is 14.4. The van der Waals surface area contributed by atoms with Crippen LogP contribution in [0.2, 0.25) is 0 Å². The minimum atomic E-state index is -2.14. The Morgan fingerprint density at radius 1 is 1.38 bits per heavy atom. The van der Waals surface area contributed by atoms with Crippen molar-refractivity contribution in [1.29, 1.82) is 0 Å². The topological polar surface area (TPSA) is 93.5 Å². The Kier molecular flexibility index (Phi) is 4.88. The van der Waals surface area contributed by atoms with Crippen LogP contribution >= 0.6 is 0 Å². The van der Waals surface area contributed by atoms with Gasteiger partial charge in [-0.05, 0) is 31.5 Å². The SMILES string of the molecule is CC[C@H]1O[C@@H](n2ccc(NC(=O)c3ccccc3)nc2=O)C(C)(F)[C@H]1O. The summed E-state index contributed by atoms with van der Waals surface area (Å²) < 4.78 is 21.4. The first-order valence-electron chi connectivity index (χ1n) is 8.32. The normalized spacial score (nSPS) is 28.1. The van der Waals surface area contributed by atoms with Gasteiger partial charge in [-0.1, -0.05) is 25.1 Å². The average molecular weight is 361 g/mol. The number of nitrogens with one attached hydrogen (secondary N) is 1. The van der Waals surface area contributed by atoms with Gasteiger partial charge in [0.2, 0.25) is 0 Å². The van der Waals surface area contributed by atoms with Gasteiger partial charge in [-0.2, -0.15) is 4.98 Å². The number of amides is 1. The molecule has 8 heteroatoms. The molecule has 1 aliphatic heterocycles. The zero-order valence-electron chi connectivity index (χ0n) is 14.4. The average Bonchev–Trinajstić information content (AvgIpc) is 2.85. The quantitative estimate of drug-likeness (QED) is 0.867. The summed E-state index contributed by atoms with van der Waals surface area (Å²) >= 11 is 0. The Bertz CT molecular complexity index is 853. The summed E-state index contributed by atoms with van der Waals surface area (Å²) in [7, 11) is 0. The maximum atomic E-state index is 14.9. The van der Waals surface area contributed by atoms with E-state index in [-0.39, 0.29) is 5.82 Å². The number of halogens is 1. The summed E-state index contributed by atoms with van der Waals surface area (Å²) in [5.74, 6) is -0.365. The Labute approximate surface area is 149 Å². The van der Waals surface area contributed by atoms with E-state index >= 15 is 0 Å². The molecule has 2 heterocycles. The van der Waals surface area contributed by atoms with Crippen LogP contribution < -0.4 is 11.0 Å². The van der Waals surface area contributed by atoms with E-state index < -0.39 is 35.7 Å². The van der Waals surface area contributed by atoms with Gasteiger partial charge in [0, 0.05) is 11.8 Å². The molecular formula is C18H20FN3O4. The molecule has 0 spiro atoms. The third kappa shape index (κ3) is 3.25. The van der Waals surface area contributed by atoms with Crippen molar-refractivity contribution in [2.24, 2.45) is 0 Å². The summed E-state index contributed by atoms with van der Waals surface area (Å²) in [6, 6.07) is 9.86. The first kappa shape index (κ1) is 18.2. The molecule has 0 bridgehead atoms. The highest BCUT2D eigenvalue weighted by atomic mass is 19.1. The summed E-state index contributed by atoms with van der Waals surface area (Å²) in [6.07, 6.45) is -1.64. The van der Waals surface area contributed by atoms with Crippen LogP contribution in [0.4, 0.5) is 10.2 Å². The molecule has 26 heavy (non-hydrogen) atoms. The Morgan fingerprint density at radius 2 is 2.08 bits per heavy atom. The van der Waals surface area contributed by atoms with E-state index in [1.165, 1.54) is 19.2 Å². The highest BCUT2D eigenvalue weighted by Gasteiger charge is 2.54. The Balaban J connectivity index is 1.82. The van der Waals surface area contributed by atoms with E-state index in [2.05, 4.69) is 10.3 Å². The molecular weight excluding hydrogens is 341 g/mol. The number of rotatable bonds is 4. The molecule has 2 N–H and O–H groups in total. The van der Waals surface area contributed by atoms with E-state index in [4.69, 9.17) is 4.74 Å². The molecule has 1 saturated heterocycles. The van der Waals surface area contributed by atoms with Gasteiger partial charge < -0.3 is 15.2 Å². The van der Waals surface area contributed by atoms with Crippen molar-refractivity contribution in [3.05, 3.63) is 58.6 Å². The van der Waals surface area contributed by atoms with E-state index in [0.717, 1.165) is 4.57 Å². The first-order chi connectivity index (χ1) is 12.3. The van der Waals surface area contributed by atoms with Gasteiger partial charge in [0.15, 0.2) is 11.9 Å². The molecule has 1 aromatic heterocycles. The molecule has 4 atom stereocenters. The second-order valence-corrected chi connectivity index (χ2v) is 6.35. The lowest BCUT2D eigenvalue weighted by Crippen LogP contribution is -2.42. The van der Waals surface area contributed by atoms with Crippen LogP contribution in [0.1, 0.15) is 36.9 Å². The van der Waals surface area contributed by atoms with Gasteiger partial charge in [0.1, 0.15) is 11.9 Å². The third-order valence-electron chi connectivity index (χ3n) is 4.48. The molecule has 1 unspecified atom stereocenters. The van der Waals surface area contributed by atoms with Crippen molar-refractivity contribution in [1.82, 2.24) is 9.55 Å². The minimum Gasteiger partial charge on any atom is -0.387 e. The van der Waals surface area contributed by atoms with Crippen LogP contribution in [-0.2, 0) is 4.74 Å². The van der Waals surface area contributed by atoms with E-state index in [0.29, 0.717) is 12.0 Å². The highest BCUT2D eigenvalue weighted by molar-refractivity contribution is 6.03. The second-order valence-electron chi connectivity index (χ2n) is 6.35. The molecule has 0 aliphatic carbocycles. The summed E-state index contributed by atoms with van der Waals surface area (Å²) in [5.41, 5.74) is -2.50. The van der Waals surface area contributed by atoms with Gasteiger partial charge in [-0.15, -0.1) is 0 Å². The number of ether oxygens (including phenoxy) is 1. The number of anilines is 1. The predicted octanol–water partition coefficient (Wildman–Crippen LogP) is 1.89. The summed E-state index contributed by atoms with van der Waals surface area (Å²) in [4.78, 5) is 28.2. The predicted molar refractivity (Wildman–Crippen MR) is 92.6 cm³/mol.